The number of hydrogen-bond donors (Lipinski definition) is 1. The van der Waals surface area contributed by atoms with Gasteiger partial charge in [-0.3, -0.25) is 38.5 Å². The van der Waals surface area contributed by atoms with E-state index >= 15 is 0 Å². The lowest BCUT2D eigenvalue weighted by atomic mass is 9.98. The summed E-state index contributed by atoms with van der Waals surface area (Å²) in [5.41, 5.74) is 4.22. The fraction of sp³-hybridized carbons (Fsp3) is 0.608. The third-order valence-corrected chi connectivity index (χ3v) is 14.4. The van der Waals surface area contributed by atoms with Gasteiger partial charge in [0.15, 0.2) is 0 Å². The number of carbonyl (C=O) groups excluding carboxylic acids is 7. The molecule has 0 saturated carbocycles. The lowest BCUT2D eigenvalue weighted by Gasteiger charge is -2.39. The highest BCUT2D eigenvalue weighted by molar-refractivity contribution is 5.97. The van der Waals surface area contributed by atoms with Crippen molar-refractivity contribution in [1.29, 1.82) is 0 Å². The van der Waals surface area contributed by atoms with E-state index in [0.717, 1.165) is 89.8 Å². The number of fused-ring (bicyclic) bond motifs is 3. The fourth-order valence-corrected chi connectivity index (χ4v) is 10.3. The number of nitrogens with zero attached hydrogens (tertiary/aromatic N) is 7. The van der Waals surface area contributed by atoms with Crippen LogP contribution in [0.2, 0.25) is 0 Å². The topological polar surface area (TPSA) is 189 Å². The Hall–Kier alpha value is -6.00. The van der Waals surface area contributed by atoms with Crippen molar-refractivity contribution >= 4 is 47.5 Å². The van der Waals surface area contributed by atoms with E-state index in [-0.39, 0.29) is 12.5 Å². The summed E-state index contributed by atoms with van der Waals surface area (Å²) in [6.07, 6.45) is 4.82. The summed E-state index contributed by atoms with van der Waals surface area (Å²) in [5.74, 6) is -5.28. The zero-order valence-electron chi connectivity index (χ0n) is 40.8. The third kappa shape index (κ3) is 11.8. The van der Waals surface area contributed by atoms with Crippen molar-refractivity contribution < 1.29 is 48.2 Å². The number of aliphatic carboxylic acids is 1. The number of carboxylic acids is 1. The fourth-order valence-electron chi connectivity index (χ4n) is 10.3. The van der Waals surface area contributed by atoms with E-state index in [1.54, 1.807) is 28.5 Å². The van der Waals surface area contributed by atoms with Crippen LogP contribution in [-0.4, -0.2) is 185 Å². The molecule has 68 heavy (non-hydrogen) atoms. The summed E-state index contributed by atoms with van der Waals surface area (Å²) in [6.45, 7) is 6.19. The Bertz CT molecular complexity index is 2120. The maximum absolute atomic E-state index is 14.8. The Balaban J connectivity index is 1.22. The van der Waals surface area contributed by atoms with Crippen LogP contribution < -0.4 is 0 Å². The molecule has 1 N–H and O–H groups in total. The number of carbonyl (C=O) groups is 8. The molecule has 4 aliphatic rings. The number of hydrogen-bond acceptors (Lipinski definition) is 9. The van der Waals surface area contributed by atoms with Crippen LogP contribution in [0.3, 0.4) is 0 Å². The number of carboxylic acid groups (broad SMARTS) is 1. The van der Waals surface area contributed by atoms with Crippen molar-refractivity contribution in [2.45, 2.75) is 121 Å². The molecule has 7 amide bonds. The third-order valence-electron chi connectivity index (χ3n) is 14.4. The molecule has 1 aliphatic carbocycles. The van der Waals surface area contributed by atoms with Gasteiger partial charge in [-0.05, 0) is 86.0 Å². The van der Waals surface area contributed by atoms with Crippen LogP contribution in [-0.2, 0) is 38.3 Å². The normalized spacial score (nSPS) is 17.8. The Morgan fingerprint density at radius 1 is 0.544 bits per heavy atom. The first-order chi connectivity index (χ1) is 32.5. The van der Waals surface area contributed by atoms with Crippen LogP contribution >= 0.6 is 0 Å². The summed E-state index contributed by atoms with van der Waals surface area (Å²) >= 11 is 0. The number of likely N-dealkylation sites (tertiary alicyclic amines) is 3. The van der Waals surface area contributed by atoms with E-state index in [4.69, 9.17) is 4.74 Å². The quantitative estimate of drug-likeness (QED) is 0.234. The summed E-state index contributed by atoms with van der Waals surface area (Å²) in [5, 5.41) is 9.81. The van der Waals surface area contributed by atoms with Crippen LogP contribution in [0.1, 0.15) is 108 Å². The number of amides is 7. The number of rotatable bonds is 17. The molecule has 2 aromatic carbocycles. The van der Waals surface area contributed by atoms with Gasteiger partial charge in [0.25, 0.3) is 0 Å². The molecule has 0 unspecified atom stereocenters. The van der Waals surface area contributed by atoms with Crippen LogP contribution in [0.4, 0.5) is 4.79 Å². The summed E-state index contributed by atoms with van der Waals surface area (Å²) in [4.78, 5) is 122. The minimum Gasteiger partial charge on any atom is -0.481 e. The molecule has 0 radical (unpaired) electrons. The van der Waals surface area contributed by atoms with Gasteiger partial charge in [0.2, 0.25) is 35.4 Å². The number of piperidine rings is 3. The molecule has 370 valence electrons. The molecule has 3 heterocycles. The van der Waals surface area contributed by atoms with E-state index in [0.29, 0.717) is 39.3 Å². The van der Waals surface area contributed by atoms with Crippen LogP contribution in [0.5, 0.6) is 0 Å². The molecule has 4 atom stereocenters. The zero-order valence-corrected chi connectivity index (χ0v) is 40.8. The Morgan fingerprint density at radius 3 is 1.29 bits per heavy atom. The minimum absolute atomic E-state index is 0.0352. The highest BCUT2D eigenvalue weighted by atomic mass is 16.6. The van der Waals surface area contributed by atoms with Gasteiger partial charge in [-0.25, -0.2) is 4.79 Å². The maximum Gasteiger partial charge on any atom is 0.410 e. The van der Waals surface area contributed by atoms with Gasteiger partial charge in [0, 0.05) is 73.4 Å². The number of likely N-dealkylation sites (N-methyl/N-ethyl adjacent to an activating group) is 4. The van der Waals surface area contributed by atoms with Gasteiger partial charge in [-0.15, -0.1) is 0 Å². The van der Waals surface area contributed by atoms with Crippen molar-refractivity contribution in [3.8, 4) is 11.1 Å². The predicted molar refractivity (Wildman–Crippen MR) is 254 cm³/mol. The highest BCUT2D eigenvalue weighted by Crippen LogP contribution is 2.44. The van der Waals surface area contributed by atoms with E-state index < -0.39 is 96.9 Å². The van der Waals surface area contributed by atoms with Gasteiger partial charge >= 0.3 is 12.1 Å². The van der Waals surface area contributed by atoms with Crippen LogP contribution in [0.15, 0.2) is 48.5 Å². The Labute approximate surface area is 400 Å². The van der Waals surface area contributed by atoms with E-state index in [2.05, 4.69) is 0 Å². The monoisotopic (exact) mass is 942 g/mol. The molecular weight excluding hydrogens is 871 g/mol. The maximum atomic E-state index is 14.8. The number of benzene rings is 2. The second kappa shape index (κ2) is 23.3. The van der Waals surface area contributed by atoms with E-state index in [9.17, 15) is 43.5 Å². The second-order valence-corrected chi connectivity index (χ2v) is 19.3. The summed E-state index contributed by atoms with van der Waals surface area (Å²) < 4.78 is 5.95. The zero-order chi connectivity index (χ0) is 49.2. The molecular formula is C51H71N7O10. The van der Waals surface area contributed by atoms with Gasteiger partial charge in [0.1, 0.15) is 30.8 Å². The largest absolute Gasteiger partial charge is 0.481 e. The molecule has 3 saturated heterocycles. The second-order valence-electron chi connectivity index (χ2n) is 19.3. The first kappa shape index (κ1) is 51.4. The smallest absolute Gasteiger partial charge is 0.410 e. The van der Waals surface area contributed by atoms with Crippen LogP contribution in [0.25, 0.3) is 11.1 Å². The van der Waals surface area contributed by atoms with Crippen molar-refractivity contribution in [3.63, 3.8) is 0 Å². The molecule has 0 bridgehead atoms. The van der Waals surface area contributed by atoms with Crippen molar-refractivity contribution in [2.24, 2.45) is 5.92 Å². The molecule has 6 rings (SSSR count). The molecule has 3 aliphatic heterocycles. The standard InChI is InChI=1S/C51H71N7O10/c1-34(2)46(55(6)51(67)68-33-39-37-22-12-10-20-35(37)36-21-11-13-23-38(36)39)50(66)54(5)41(48(64)57-26-16-8-17-27-57)31-44(60)52(3)40(47(63)56-24-14-7-15-25-56)30-43(59)53(4)42(32-45(61)62)49(65)58-28-18-9-19-29-58/h10-13,20-23,34,39-42,46H,7-9,14-19,24-33H2,1-6H3,(H,61,62)/t40-,41-,42-,46-/m0/s1. The average molecular weight is 942 g/mol. The molecule has 17 nitrogen and oxygen atoms in total. The van der Waals surface area contributed by atoms with Gasteiger partial charge in [-0.1, -0.05) is 62.4 Å². The van der Waals surface area contributed by atoms with Gasteiger partial charge < -0.3 is 39.2 Å². The first-order valence-corrected chi connectivity index (χ1v) is 24.5. The lowest BCUT2D eigenvalue weighted by Crippen LogP contribution is -2.59. The highest BCUT2D eigenvalue weighted by Gasteiger charge is 2.43. The average Bonchev–Trinajstić information content (AvgIpc) is 3.68. The molecule has 3 fully saturated rings. The van der Waals surface area contributed by atoms with E-state index in [1.165, 1.54) is 38.0 Å². The molecule has 0 spiro atoms. The van der Waals surface area contributed by atoms with Gasteiger partial charge in [-0.2, -0.15) is 0 Å². The molecule has 17 heteroatoms. The van der Waals surface area contributed by atoms with Gasteiger partial charge in [0.05, 0.1) is 19.3 Å². The summed E-state index contributed by atoms with van der Waals surface area (Å²) in [7, 11) is 5.67. The minimum atomic E-state index is -1.36. The first-order valence-electron chi connectivity index (χ1n) is 24.5. The SMILES string of the molecule is CC(C)[C@@H](C(=O)N(C)[C@@H](CC(=O)N(C)[C@@H](CC(=O)N(C)[C@@H](CC(=O)O)C(=O)N1CCCCC1)C(=O)N1CCCCC1)C(=O)N1CCCCC1)N(C)C(=O)OCC1c2ccccc2-c2ccccc21. The predicted octanol–water partition coefficient (Wildman–Crippen LogP) is 4.67. The van der Waals surface area contributed by atoms with Crippen molar-refractivity contribution in [2.75, 3.05) is 74.1 Å². The Morgan fingerprint density at radius 2 is 0.912 bits per heavy atom. The van der Waals surface area contributed by atoms with Crippen molar-refractivity contribution in [1.82, 2.24) is 34.3 Å². The molecule has 2 aromatic rings. The number of ether oxygens (including phenoxy) is 1. The van der Waals surface area contributed by atoms with E-state index in [1.807, 2.05) is 48.5 Å². The Kier molecular flexibility index (Phi) is 17.6. The summed E-state index contributed by atoms with van der Waals surface area (Å²) in [6, 6.07) is 10.9. The van der Waals surface area contributed by atoms with Crippen molar-refractivity contribution in [3.05, 3.63) is 59.7 Å². The van der Waals surface area contributed by atoms with Crippen LogP contribution in [0, 0.1) is 5.92 Å². The lowest BCUT2D eigenvalue weighted by molar-refractivity contribution is -0.155. The molecule has 0 aromatic heterocycles.